The second-order valence-corrected chi connectivity index (χ2v) is 8.97. The van der Waals surface area contributed by atoms with E-state index in [1.807, 2.05) is 0 Å². The highest BCUT2D eigenvalue weighted by Crippen LogP contribution is 2.30. The van der Waals surface area contributed by atoms with Crippen molar-refractivity contribution in [2.45, 2.75) is 24.3 Å². The minimum absolute atomic E-state index is 0.0431. The number of nitrogens with one attached hydrogen (secondary N) is 2. The third-order valence-electron chi connectivity index (χ3n) is 4.78. The molecular formula is C21H21N3O5S. The monoisotopic (exact) mass is 427 g/mol. The number of H-pyrrole nitrogens is 1. The summed E-state index contributed by atoms with van der Waals surface area (Å²) in [5.41, 5.74) is 0.130. The molecular weight excluding hydrogens is 406 g/mol. The fourth-order valence-corrected chi connectivity index (χ4v) is 3.98. The summed E-state index contributed by atoms with van der Waals surface area (Å²) < 4.78 is 34.9. The van der Waals surface area contributed by atoms with Gasteiger partial charge in [0, 0.05) is 24.9 Å². The SMILES string of the molecule is O=c1ccn(-c2cccc(CNS(=O)(=O)c3cccc(OCC4CC4)c3)c2)c(=O)[nH]1. The zero-order valence-corrected chi connectivity index (χ0v) is 16.9. The summed E-state index contributed by atoms with van der Waals surface area (Å²) in [6.07, 6.45) is 3.69. The van der Waals surface area contributed by atoms with Crippen LogP contribution in [0.3, 0.4) is 0 Å². The summed E-state index contributed by atoms with van der Waals surface area (Å²) in [5.74, 6) is 1.11. The Labute approximate surface area is 173 Å². The van der Waals surface area contributed by atoms with Crippen molar-refractivity contribution < 1.29 is 13.2 Å². The highest BCUT2D eigenvalue weighted by molar-refractivity contribution is 7.89. The number of benzene rings is 2. The molecule has 9 heteroatoms. The quantitative estimate of drug-likeness (QED) is 0.570. The van der Waals surface area contributed by atoms with Crippen LogP contribution in [0.5, 0.6) is 5.75 Å². The summed E-state index contributed by atoms with van der Waals surface area (Å²) >= 11 is 0. The first-order valence-corrected chi connectivity index (χ1v) is 11.0. The van der Waals surface area contributed by atoms with Crippen LogP contribution in [0.2, 0.25) is 0 Å². The molecule has 0 unspecified atom stereocenters. The largest absolute Gasteiger partial charge is 0.493 e. The van der Waals surface area contributed by atoms with Gasteiger partial charge in [-0.15, -0.1) is 0 Å². The number of nitrogens with zero attached hydrogens (tertiary/aromatic N) is 1. The molecule has 0 atom stereocenters. The van der Waals surface area contributed by atoms with Gasteiger partial charge in [-0.1, -0.05) is 18.2 Å². The van der Waals surface area contributed by atoms with E-state index in [2.05, 4.69) is 9.71 Å². The normalized spacial score (nSPS) is 13.9. The van der Waals surface area contributed by atoms with Crippen molar-refractivity contribution in [3.05, 3.63) is 87.2 Å². The van der Waals surface area contributed by atoms with Crippen molar-refractivity contribution in [3.8, 4) is 11.4 Å². The van der Waals surface area contributed by atoms with Gasteiger partial charge in [0.15, 0.2) is 0 Å². The maximum absolute atomic E-state index is 12.7. The van der Waals surface area contributed by atoms with Gasteiger partial charge in [0.05, 0.1) is 17.2 Å². The second kappa shape index (κ2) is 8.29. The van der Waals surface area contributed by atoms with E-state index in [-0.39, 0.29) is 11.4 Å². The van der Waals surface area contributed by atoms with Crippen molar-refractivity contribution in [2.75, 3.05) is 6.61 Å². The van der Waals surface area contributed by atoms with Gasteiger partial charge in [-0.05, 0) is 48.6 Å². The minimum atomic E-state index is -3.74. The highest BCUT2D eigenvalue weighted by Gasteiger charge is 2.22. The van der Waals surface area contributed by atoms with Gasteiger partial charge in [0.1, 0.15) is 5.75 Å². The summed E-state index contributed by atoms with van der Waals surface area (Å²) in [6.45, 7) is 0.648. The number of sulfonamides is 1. The van der Waals surface area contributed by atoms with Gasteiger partial charge in [0.25, 0.3) is 5.56 Å². The fraction of sp³-hybridized carbons (Fsp3) is 0.238. The summed E-state index contributed by atoms with van der Waals surface area (Å²) in [5, 5.41) is 0. The Balaban J connectivity index is 1.48. The molecule has 1 aliphatic rings. The third-order valence-corrected chi connectivity index (χ3v) is 6.18. The Morgan fingerprint density at radius 3 is 2.63 bits per heavy atom. The Kier molecular flexibility index (Phi) is 5.56. The average molecular weight is 427 g/mol. The molecule has 0 spiro atoms. The Morgan fingerprint density at radius 1 is 1.07 bits per heavy atom. The van der Waals surface area contributed by atoms with Gasteiger partial charge < -0.3 is 4.74 Å². The summed E-state index contributed by atoms with van der Waals surface area (Å²) in [4.78, 5) is 25.5. The molecule has 2 N–H and O–H groups in total. The van der Waals surface area contributed by atoms with E-state index >= 15 is 0 Å². The van der Waals surface area contributed by atoms with Gasteiger partial charge in [-0.25, -0.2) is 17.9 Å². The maximum atomic E-state index is 12.7. The van der Waals surface area contributed by atoms with Crippen molar-refractivity contribution in [2.24, 2.45) is 5.92 Å². The zero-order chi connectivity index (χ0) is 21.1. The number of ether oxygens (including phenoxy) is 1. The molecule has 0 saturated heterocycles. The number of hydrogen-bond donors (Lipinski definition) is 2. The van der Waals surface area contributed by atoms with Crippen LogP contribution in [0.1, 0.15) is 18.4 Å². The molecule has 0 amide bonds. The van der Waals surface area contributed by atoms with E-state index in [0.29, 0.717) is 29.5 Å². The fourth-order valence-electron chi connectivity index (χ4n) is 2.93. The minimum Gasteiger partial charge on any atom is -0.493 e. The number of aromatic amines is 1. The molecule has 1 aliphatic carbocycles. The molecule has 1 aromatic heterocycles. The Bertz CT molecular complexity index is 1280. The van der Waals surface area contributed by atoms with E-state index in [4.69, 9.17) is 4.74 Å². The number of hydrogen-bond acceptors (Lipinski definition) is 5. The molecule has 0 aliphatic heterocycles. The van der Waals surface area contributed by atoms with E-state index in [9.17, 15) is 18.0 Å². The second-order valence-electron chi connectivity index (χ2n) is 7.20. The lowest BCUT2D eigenvalue weighted by Gasteiger charge is -2.11. The van der Waals surface area contributed by atoms with Crippen LogP contribution in [0, 0.1) is 5.92 Å². The van der Waals surface area contributed by atoms with Gasteiger partial charge in [-0.3, -0.25) is 14.3 Å². The van der Waals surface area contributed by atoms with Crippen LogP contribution in [0.4, 0.5) is 0 Å². The smallest absolute Gasteiger partial charge is 0.332 e. The molecule has 156 valence electrons. The van der Waals surface area contributed by atoms with E-state index < -0.39 is 21.3 Å². The molecule has 4 rings (SSSR count). The molecule has 2 aromatic carbocycles. The number of aromatic nitrogens is 2. The standard InChI is InChI=1S/C21H21N3O5S/c25-20-9-10-24(21(26)23-20)17-4-1-3-16(11-17)13-22-30(27,28)19-6-2-5-18(12-19)29-14-15-7-8-15/h1-6,9-12,15,22H,7-8,13-14H2,(H,23,25,26). The number of rotatable bonds is 8. The lowest BCUT2D eigenvalue weighted by Crippen LogP contribution is -2.27. The van der Waals surface area contributed by atoms with Crippen LogP contribution in [-0.4, -0.2) is 24.6 Å². The molecule has 1 saturated carbocycles. The molecule has 3 aromatic rings. The first kappa shape index (κ1) is 20.1. The summed E-state index contributed by atoms with van der Waals surface area (Å²) in [7, 11) is -3.74. The lowest BCUT2D eigenvalue weighted by atomic mass is 10.2. The van der Waals surface area contributed by atoms with Crippen LogP contribution in [0.15, 0.2) is 75.3 Å². The van der Waals surface area contributed by atoms with Crippen LogP contribution in [0.25, 0.3) is 5.69 Å². The molecule has 1 heterocycles. The molecule has 0 radical (unpaired) electrons. The van der Waals surface area contributed by atoms with E-state index in [1.54, 1.807) is 36.4 Å². The average Bonchev–Trinajstić information content (AvgIpc) is 3.56. The Morgan fingerprint density at radius 2 is 1.87 bits per heavy atom. The third kappa shape index (κ3) is 4.87. The van der Waals surface area contributed by atoms with E-state index in [1.165, 1.54) is 29.0 Å². The van der Waals surface area contributed by atoms with Crippen LogP contribution in [-0.2, 0) is 16.6 Å². The van der Waals surface area contributed by atoms with Gasteiger partial charge >= 0.3 is 5.69 Å². The van der Waals surface area contributed by atoms with Gasteiger partial charge in [0.2, 0.25) is 10.0 Å². The predicted octanol–water partition coefficient (Wildman–Crippen LogP) is 1.79. The maximum Gasteiger partial charge on any atom is 0.332 e. The molecule has 30 heavy (non-hydrogen) atoms. The van der Waals surface area contributed by atoms with Crippen molar-refractivity contribution in [3.63, 3.8) is 0 Å². The van der Waals surface area contributed by atoms with E-state index in [0.717, 1.165) is 12.8 Å². The van der Waals surface area contributed by atoms with Crippen molar-refractivity contribution in [1.82, 2.24) is 14.3 Å². The predicted molar refractivity (Wildman–Crippen MR) is 111 cm³/mol. The van der Waals surface area contributed by atoms with Crippen molar-refractivity contribution in [1.29, 1.82) is 0 Å². The highest BCUT2D eigenvalue weighted by atomic mass is 32.2. The summed E-state index contributed by atoms with van der Waals surface area (Å²) in [6, 6.07) is 14.5. The van der Waals surface area contributed by atoms with Crippen molar-refractivity contribution >= 4 is 10.0 Å². The van der Waals surface area contributed by atoms with Crippen LogP contribution < -0.4 is 20.7 Å². The first-order chi connectivity index (χ1) is 14.4. The van der Waals surface area contributed by atoms with Gasteiger partial charge in [-0.2, -0.15) is 0 Å². The molecule has 8 nitrogen and oxygen atoms in total. The zero-order valence-electron chi connectivity index (χ0n) is 16.1. The lowest BCUT2D eigenvalue weighted by molar-refractivity contribution is 0.299. The first-order valence-electron chi connectivity index (χ1n) is 9.54. The van der Waals surface area contributed by atoms with Crippen LogP contribution >= 0.6 is 0 Å². The Hall–Kier alpha value is -3.17. The molecule has 0 bridgehead atoms. The topological polar surface area (TPSA) is 110 Å². The molecule has 1 fully saturated rings.